The van der Waals surface area contributed by atoms with Crippen molar-refractivity contribution in [3.8, 4) is 34.6 Å². The lowest BCUT2D eigenvalue weighted by atomic mass is 10.1. The van der Waals surface area contributed by atoms with Gasteiger partial charge in [0, 0.05) is 35.8 Å². The number of imidazole rings is 1. The summed E-state index contributed by atoms with van der Waals surface area (Å²) in [7, 11) is 4.70. The molecule has 2 heterocycles. The summed E-state index contributed by atoms with van der Waals surface area (Å²) in [6.45, 7) is 0. The molecule has 0 amide bonds. The molecular formula is C22H19N5O3. The van der Waals surface area contributed by atoms with Crippen LogP contribution in [0.25, 0.3) is 16.9 Å². The lowest BCUT2D eigenvalue weighted by Crippen LogP contribution is -2.01. The quantitative estimate of drug-likeness (QED) is 0.521. The monoisotopic (exact) mass is 401 g/mol. The molecule has 0 bridgehead atoms. The third-order valence-corrected chi connectivity index (χ3v) is 4.67. The highest BCUT2D eigenvalue weighted by molar-refractivity contribution is 5.76. The summed E-state index contributed by atoms with van der Waals surface area (Å²) in [5, 5.41) is 12.3. The minimum atomic E-state index is 0.514. The number of ether oxygens (including phenoxy) is 3. The maximum Gasteiger partial charge on any atom is 0.203 e. The predicted octanol–water partition coefficient (Wildman–Crippen LogP) is 4.04. The van der Waals surface area contributed by atoms with E-state index in [9.17, 15) is 0 Å². The van der Waals surface area contributed by atoms with Crippen LogP contribution in [0.2, 0.25) is 0 Å². The van der Waals surface area contributed by atoms with Gasteiger partial charge >= 0.3 is 0 Å². The van der Waals surface area contributed by atoms with Crippen LogP contribution in [0.3, 0.4) is 0 Å². The molecule has 0 fully saturated rings. The van der Waals surface area contributed by atoms with Crippen molar-refractivity contribution in [1.82, 2.24) is 14.4 Å². The van der Waals surface area contributed by atoms with Gasteiger partial charge in [-0.3, -0.25) is 4.40 Å². The summed E-state index contributed by atoms with van der Waals surface area (Å²) in [5.74, 6) is 2.16. The number of aromatic nitrogens is 3. The molecule has 0 atom stereocenters. The Kier molecular flexibility index (Phi) is 5.09. The highest BCUT2D eigenvalue weighted by Gasteiger charge is 2.15. The van der Waals surface area contributed by atoms with E-state index in [0.717, 1.165) is 11.3 Å². The molecule has 0 radical (unpaired) electrons. The van der Waals surface area contributed by atoms with Crippen LogP contribution < -0.4 is 19.5 Å². The number of nitrogens with one attached hydrogen (secondary N) is 1. The molecule has 0 aliphatic heterocycles. The van der Waals surface area contributed by atoms with Crippen molar-refractivity contribution < 1.29 is 14.2 Å². The largest absolute Gasteiger partial charge is 0.493 e. The Hall–Kier alpha value is -4.25. The fraction of sp³-hybridized carbons (Fsp3) is 0.136. The molecule has 0 unspecified atom stereocenters. The maximum atomic E-state index is 9.01. The number of nitrogens with zero attached hydrogens (tertiary/aromatic N) is 4. The first kappa shape index (κ1) is 19.1. The van der Waals surface area contributed by atoms with Crippen molar-refractivity contribution in [3.05, 3.63) is 60.6 Å². The first-order chi connectivity index (χ1) is 14.7. The third-order valence-electron chi connectivity index (χ3n) is 4.67. The van der Waals surface area contributed by atoms with Gasteiger partial charge in [-0.05, 0) is 12.1 Å². The fourth-order valence-electron chi connectivity index (χ4n) is 3.23. The third kappa shape index (κ3) is 3.33. The van der Waals surface area contributed by atoms with E-state index in [0.29, 0.717) is 40.0 Å². The number of benzene rings is 2. The Labute approximate surface area is 173 Å². The van der Waals surface area contributed by atoms with Crippen molar-refractivity contribution in [3.63, 3.8) is 0 Å². The molecule has 8 heteroatoms. The summed E-state index contributed by atoms with van der Waals surface area (Å²) in [4.78, 5) is 8.98. The zero-order valence-corrected chi connectivity index (χ0v) is 16.7. The van der Waals surface area contributed by atoms with Crippen LogP contribution in [0, 0.1) is 11.3 Å². The molecule has 150 valence electrons. The molecule has 30 heavy (non-hydrogen) atoms. The normalized spacial score (nSPS) is 10.5. The Morgan fingerprint density at radius 3 is 2.27 bits per heavy atom. The first-order valence-electron chi connectivity index (χ1n) is 9.08. The van der Waals surface area contributed by atoms with Gasteiger partial charge < -0.3 is 19.5 Å². The predicted molar refractivity (Wildman–Crippen MR) is 113 cm³/mol. The minimum absolute atomic E-state index is 0.514. The van der Waals surface area contributed by atoms with Gasteiger partial charge in [0.15, 0.2) is 23.0 Å². The van der Waals surface area contributed by atoms with E-state index in [-0.39, 0.29) is 0 Å². The fourth-order valence-corrected chi connectivity index (χ4v) is 3.23. The van der Waals surface area contributed by atoms with Crippen LogP contribution in [0.5, 0.6) is 17.2 Å². The van der Waals surface area contributed by atoms with E-state index in [2.05, 4.69) is 21.4 Å². The number of nitriles is 1. The number of anilines is 2. The van der Waals surface area contributed by atoms with Crippen molar-refractivity contribution in [2.75, 3.05) is 26.6 Å². The van der Waals surface area contributed by atoms with Crippen LogP contribution in [0.15, 0.2) is 55.0 Å². The van der Waals surface area contributed by atoms with Gasteiger partial charge in [0.1, 0.15) is 0 Å². The average Bonchev–Trinajstić information content (AvgIpc) is 3.23. The number of hydrogen-bond acceptors (Lipinski definition) is 7. The molecule has 2 aromatic carbocycles. The molecule has 2 aromatic heterocycles. The van der Waals surface area contributed by atoms with Crippen molar-refractivity contribution in [2.45, 2.75) is 0 Å². The van der Waals surface area contributed by atoms with Crippen molar-refractivity contribution in [2.24, 2.45) is 0 Å². The van der Waals surface area contributed by atoms with Crippen LogP contribution in [0.4, 0.5) is 11.5 Å². The molecule has 0 aliphatic rings. The van der Waals surface area contributed by atoms with Gasteiger partial charge in [-0.25, -0.2) is 9.97 Å². The summed E-state index contributed by atoms with van der Waals surface area (Å²) >= 11 is 0. The topological polar surface area (TPSA) is 93.7 Å². The molecule has 4 rings (SSSR count). The first-order valence-corrected chi connectivity index (χ1v) is 9.08. The molecule has 0 spiro atoms. The van der Waals surface area contributed by atoms with Gasteiger partial charge in [0.2, 0.25) is 5.75 Å². The summed E-state index contributed by atoms with van der Waals surface area (Å²) < 4.78 is 18.1. The zero-order valence-electron chi connectivity index (χ0n) is 16.7. The molecule has 0 saturated carbocycles. The molecule has 0 saturated heterocycles. The average molecular weight is 401 g/mol. The van der Waals surface area contributed by atoms with Crippen molar-refractivity contribution in [1.29, 1.82) is 5.26 Å². The second kappa shape index (κ2) is 8.01. The maximum absolute atomic E-state index is 9.01. The SMILES string of the molecule is COc1cc(Nc2nccn3c(-c4ccc(C#N)cc4)cnc23)cc(OC)c1OC. The van der Waals surface area contributed by atoms with E-state index >= 15 is 0 Å². The summed E-state index contributed by atoms with van der Waals surface area (Å²) in [6.07, 6.45) is 5.32. The highest BCUT2D eigenvalue weighted by Crippen LogP contribution is 2.40. The molecule has 4 aromatic rings. The Morgan fingerprint density at radius 2 is 1.67 bits per heavy atom. The Bertz CT molecular complexity index is 1220. The minimum Gasteiger partial charge on any atom is -0.493 e. The zero-order chi connectivity index (χ0) is 21.1. The van der Waals surface area contributed by atoms with E-state index in [4.69, 9.17) is 19.5 Å². The van der Waals surface area contributed by atoms with E-state index < -0.39 is 0 Å². The van der Waals surface area contributed by atoms with Crippen LogP contribution >= 0.6 is 0 Å². The van der Waals surface area contributed by atoms with Gasteiger partial charge in [-0.2, -0.15) is 5.26 Å². The smallest absolute Gasteiger partial charge is 0.203 e. The standard InChI is InChI=1S/C22H19N5O3/c1-28-18-10-16(11-19(29-2)20(18)30-3)26-21-22-25-13-17(27(22)9-8-24-21)15-6-4-14(12-23)5-7-15/h4-11,13H,1-3H3,(H,24,26). The summed E-state index contributed by atoms with van der Waals surface area (Å²) in [5.41, 5.74) is 3.83. The highest BCUT2D eigenvalue weighted by atomic mass is 16.5. The van der Waals surface area contributed by atoms with E-state index in [1.807, 2.05) is 22.7 Å². The molecule has 1 N–H and O–H groups in total. The van der Waals surface area contributed by atoms with Gasteiger partial charge in [-0.15, -0.1) is 0 Å². The second-order valence-electron chi connectivity index (χ2n) is 6.34. The number of methoxy groups -OCH3 is 3. The van der Waals surface area contributed by atoms with E-state index in [1.165, 1.54) is 0 Å². The van der Waals surface area contributed by atoms with Gasteiger partial charge in [0.05, 0.1) is 44.9 Å². The number of rotatable bonds is 6. The van der Waals surface area contributed by atoms with Gasteiger partial charge in [-0.1, -0.05) is 12.1 Å². The van der Waals surface area contributed by atoms with Crippen molar-refractivity contribution >= 4 is 17.2 Å². The Morgan fingerprint density at radius 1 is 0.967 bits per heavy atom. The van der Waals surface area contributed by atoms with E-state index in [1.54, 1.807) is 58.0 Å². The summed E-state index contributed by atoms with van der Waals surface area (Å²) in [6, 6.07) is 13.1. The lowest BCUT2D eigenvalue weighted by molar-refractivity contribution is 0.324. The van der Waals surface area contributed by atoms with Crippen LogP contribution in [-0.4, -0.2) is 35.7 Å². The van der Waals surface area contributed by atoms with Gasteiger partial charge in [0.25, 0.3) is 0 Å². The lowest BCUT2D eigenvalue weighted by Gasteiger charge is -2.15. The molecule has 8 nitrogen and oxygen atoms in total. The second-order valence-corrected chi connectivity index (χ2v) is 6.34. The van der Waals surface area contributed by atoms with Crippen LogP contribution in [-0.2, 0) is 0 Å². The Balaban J connectivity index is 1.74. The van der Waals surface area contributed by atoms with Crippen LogP contribution in [0.1, 0.15) is 5.56 Å². The number of hydrogen-bond donors (Lipinski definition) is 1. The number of fused-ring (bicyclic) bond motifs is 1. The molecule has 0 aliphatic carbocycles. The molecular weight excluding hydrogens is 382 g/mol.